The normalized spacial score (nSPS) is 10.7. The van der Waals surface area contributed by atoms with Crippen molar-refractivity contribution in [3.8, 4) is 17.4 Å². The second-order valence-electron chi connectivity index (χ2n) is 5.62. The minimum absolute atomic E-state index is 0.487. The first-order valence-electron chi connectivity index (χ1n) is 8.16. The van der Waals surface area contributed by atoms with Gasteiger partial charge in [-0.1, -0.05) is 12.1 Å². The fourth-order valence-corrected chi connectivity index (χ4v) is 2.51. The number of ether oxygens (including phenoxy) is 2. The Morgan fingerprint density at radius 1 is 1.00 bits per heavy atom. The summed E-state index contributed by atoms with van der Waals surface area (Å²) < 4.78 is 16.6. The summed E-state index contributed by atoms with van der Waals surface area (Å²) in [4.78, 5) is 8.64. The summed E-state index contributed by atoms with van der Waals surface area (Å²) in [6.07, 6.45) is 1.71. The number of methoxy groups -OCH3 is 1. The van der Waals surface area contributed by atoms with Crippen molar-refractivity contribution in [3.05, 3.63) is 72.4 Å². The molecule has 0 unspecified atom stereocenters. The highest BCUT2D eigenvalue weighted by Gasteiger charge is 2.06. The summed E-state index contributed by atoms with van der Waals surface area (Å²) in [6.45, 7) is 0.550. The number of para-hydroxylation sites is 2. The molecule has 0 fully saturated rings. The minimum atomic E-state index is 0.487. The lowest BCUT2D eigenvalue weighted by molar-refractivity contribution is 0.412. The third kappa shape index (κ3) is 3.59. The number of nitrogens with one attached hydrogen (secondary N) is 1. The second kappa shape index (κ2) is 7.14. The van der Waals surface area contributed by atoms with Crippen molar-refractivity contribution in [1.29, 1.82) is 0 Å². The zero-order chi connectivity index (χ0) is 17.8. The molecule has 0 saturated heterocycles. The maximum absolute atomic E-state index is 5.79. The van der Waals surface area contributed by atoms with Crippen LogP contribution in [-0.4, -0.2) is 17.1 Å². The van der Waals surface area contributed by atoms with Crippen LogP contribution in [0.25, 0.3) is 11.1 Å². The van der Waals surface area contributed by atoms with Crippen LogP contribution in [-0.2, 0) is 6.54 Å². The Morgan fingerprint density at radius 3 is 2.62 bits per heavy atom. The molecule has 0 bridgehead atoms. The zero-order valence-corrected chi connectivity index (χ0v) is 14.2. The van der Waals surface area contributed by atoms with Crippen LogP contribution in [0.5, 0.6) is 17.4 Å². The Kier molecular flexibility index (Phi) is 4.38. The van der Waals surface area contributed by atoms with E-state index in [1.807, 2.05) is 60.7 Å². The van der Waals surface area contributed by atoms with Gasteiger partial charge in [0, 0.05) is 18.8 Å². The molecule has 0 amide bonds. The molecule has 1 N–H and O–H groups in total. The molecule has 0 saturated carbocycles. The van der Waals surface area contributed by atoms with Crippen molar-refractivity contribution >= 4 is 17.1 Å². The highest BCUT2D eigenvalue weighted by molar-refractivity contribution is 5.74. The van der Waals surface area contributed by atoms with Gasteiger partial charge >= 0.3 is 0 Å². The van der Waals surface area contributed by atoms with Gasteiger partial charge < -0.3 is 19.2 Å². The number of nitrogens with zero attached hydrogens (tertiary/aromatic N) is 2. The molecule has 2 heterocycles. The van der Waals surface area contributed by atoms with Crippen LogP contribution in [0.3, 0.4) is 0 Å². The summed E-state index contributed by atoms with van der Waals surface area (Å²) in [5.41, 5.74) is 2.59. The average Bonchev–Trinajstić information content (AvgIpc) is 3.10. The van der Waals surface area contributed by atoms with Crippen LogP contribution in [0.2, 0.25) is 0 Å². The van der Waals surface area contributed by atoms with Crippen LogP contribution in [0.4, 0.5) is 6.01 Å². The van der Waals surface area contributed by atoms with Gasteiger partial charge in [0.25, 0.3) is 6.01 Å². The first-order valence-corrected chi connectivity index (χ1v) is 8.16. The molecular formula is C20H17N3O3. The van der Waals surface area contributed by atoms with Gasteiger partial charge in [0.15, 0.2) is 5.58 Å². The highest BCUT2D eigenvalue weighted by atomic mass is 16.5. The number of anilines is 1. The van der Waals surface area contributed by atoms with E-state index in [-0.39, 0.29) is 0 Å². The van der Waals surface area contributed by atoms with Crippen molar-refractivity contribution in [1.82, 2.24) is 9.97 Å². The Bertz CT molecular complexity index is 979. The minimum Gasteiger partial charge on any atom is -0.497 e. The molecule has 0 spiro atoms. The standard InChI is InChI=1S/C20H17N3O3/c1-24-15-6-8-16(9-7-15)25-19-12-14(10-11-21-19)13-22-20-23-17-4-2-3-5-18(17)26-20/h2-12H,13H2,1H3,(H,22,23). The fourth-order valence-electron chi connectivity index (χ4n) is 2.51. The van der Waals surface area contributed by atoms with E-state index in [9.17, 15) is 0 Å². The summed E-state index contributed by atoms with van der Waals surface area (Å²) >= 11 is 0. The molecular weight excluding hydrogens is 330 g/mol. The predicted octanol–water partition coefficient (Wildman–Crippen LogP) is 4.64. The molecule has 26 heavy (non-hydrogen) atoms. The Labute approximate surface area is 150 Å². The number of rotatable bonds is 6. The molecule has 0 aliphatic carbocycles. The van der Waals surface area contributed by atoms with E-state index in [4.69, 9.17) is 13.9 Å². The van der Waals surface area contributed by atoms with E-state index in [2.05, 4.69) is 15.3 Å². The smallest absolute Gasteiger partial charge is 0.295 e. The van der Waals surface area contributed by atoms with Crippen LogP contribution < -0.4 is 14.8 Å². The lowest BCUT2D eigenvalue weighted by Gasteiger charge is -2.07. The summed E-state index contributed by atoms with van der Waals surface area (Å²) in [7, 11) is 1.63. The SMILES string of the molecule is COc1ccc(Oc2cc(CNc3nc4ccccc4o3)ccn2)cc1. The number of oxazole rings is 1. The number of aromatic nitrogens is 2. The van der Waals surface area contributed by atoms with Crippen molar-refractivity contribution in [3.63, 3.8) is 0 Å². The first kappa shape index (κ1) is 16.0. The average molecular weight is 347 g/mol. The largest absolute Gasteiger partial charge is 0.497 e. The van der Waals surface area contributed by atoms with Crippen LogP contribution in [0.15, 0.2) is 71.3 Å². The number of pyridine rings is 1. The molecule has 4 aromatic rings. The lowest BCUT2D eigenvalue weighted by atomic mass is 10.2. The molecule has 6 heteroatoms. The van der Waals surface area contributed by atoms with Crippen molar-refractivity contribution in [2.24, 2.45) is 0 Å². The fraction of sp³-hybridized carbons (Fsp3) is 0.100. The van der Waals surface area contributed by atoms with Gasteiger partial charge in [-0.05, 0) is 48.0 Å². The Hall–Kier alpha value is -3.54. The van der Waals surface area contributed by atoms with Gasteiger partial charge in [0.2, 0.25) is 5.88 Å². The van der Waals surface area contributed by atoms with E-state index in [1.165, 1.54) is 0 Å². The number of hydrogen-bond donors (Lipinski definition) is 1. The van der Waals surface area contributed by atoms with Gasteiger partial charge in [0.05, 0.1) is 7.11 Å². The Balaban J connectivity index is 1.43. The molecule has 4 rings (SSSR count). The first-order chi connectivity index (χ1) is 12.8. The van der Waals surface area contributed by atoms with Gasteiger partial charge in [-0.2, -0.15) is 4.98 Å². The summed E-state index contributed by atoms with van der Waals surface area (Å²) in [6, 6.07) is 19.3. The predicted molar refractivity (Wildman–Crippen MR) is 98.6 cm³/mol. The van der Waals surface area contributed by atoms with E-state index >= 15 is 0 Å². The van der Waals surface area contributed by atoms with Crippen LogP contribution in [0, 0.1) is 0 Å². The molecule has 2 aromatic heterocycles. The van der Waals surface area contributed by atoms with Gasteiger partial charge in [-0.15, -0.1) is 0 Å². The van der Waals surface area contributed by atoms with Gasteiger partial charge in [-0.25, -0.2) is 4.98 Å². The maximum atomic E-state index is 5.79. The monoisotopic (exact) mass is 347 g/mol. The van der Waals surface area contributed by atoms with E-state index in [1.54, 1.807) is 13.3 Å². The van der Waals surface area contributed by atoms with Crippen molar-refractivity contribution in [2.45, 2.75) is 6.54 Å². The Morgan fingerprint density at radius 2 is 1.81 bits per heavy atom. The quantitative estimate of drug-likeness (QED) is 0.548. The highest BCUT2D eigenvalue weighted by Crippen LogP contribution is 2.23. The third-order valence-electron chi connectivity index (χ3n) is 3.82. The van der Waals surface area contributed by atoms with Gasteiger partial charge in [0.1, 0.15) is 17.0 Å². The summed E-state index contributed by atoms with van der Waals surface area (Å²) in [5, 5.41) is 3.18. The van der Waals surface area contributed by atoms with E-state index < -0.39 is 0 Å². The topological polar surface area (TPSA) is 69.4 Å². The third-order valence-corrected chi connectivity index (χ3v) is 3.82. The summed E-state index contributed by atoms with van der Waals surface area (Å²) in [5.74, 6) is 2.00. The van der Waals surface area contributed by atoms with Crippen LogP contribution >= 0.6 is 0 Å². The number of benzene rings is 2. The molecule has 0 radical (unpaired) electrons. The lowest BCUT2D eigenvalue weighted by Crippen LogP contribution is -2.00. The molecule has 0 aliphatic heterocycles. The molecule has 130 valence electrons. The van der Waals surface area contributed by atoms with Gasteiger partial charge in [-0.3, -0.25) is 0 Å². The molecule has 6 nitrogen and oxygen atoms in total. The number of hydrogen-bond acceptors (Lipinski definition) is 6. The van der Waals surface area contributed by atoms with Crippen molar-refractivity contribution in [2.75, 3.05) is 12.4 Å². The van der Waals surface area contributed by atoms with Crippen LogP contribution in [0.1, 0.15) is 5.56 Å². The molecule has 0 atom stereocenters. The number of fused-ring (bicyclic) bond motifs is 1. The maximum Gasteiger partial charge on any atom is 0.295 e. The molecule has 0 aliphatic rings. The van der Waals surface area contributed by atoms with Crippen molar-refractivity contribution < 1.29 is 13.9 Å². The molecule has 2 aromatic carbocycles. The van der Waals surface area contributed by atoms with E-state index in [0.717, 1.165) is 22.4 Å². The second-order valence-corrected chi connectivity index (χ2v) is 5.62. The van der Waals surface area contributed by atoms with E-state index in [0.29, 0.717) is 24.2 Å². The zero-order valence-electron chi connectivity index (χ0n) is 14.2.